The molecule has 4 heteroatoms. The molecule has 21 heavy (non-hydrogen) atoms. The fourth-order valence-electron chi connectivity index (χ4n) is 2.94. The van der Waals surface area contributed by atoms with Crippen LogP contribution in [0.3, 0.4) is 0 Å². The van der Waals surface area contributed by atoms with Crippen LogP contribution in [0.25, 0.3) is 6.08 Å². The molecule has 0 amide bonds. The summed E-state index contributed by atoms with van der Waals surface area (Å²) in [5.41, 5.74) is 1.08. The normalized spacial score (nSPS) is 34.3. The monoisotopic (exact) mass is 290 g/mol. The molecule has 114 valence electrons. The number of rotatable bonds is 3. The van der Waals surface area contributed by atoms with Crippen LogP contribution >= 0.6 is 0 Å². The van der Waals surface area contributed by atoms with Crippen molar-refractivity contribution in [2.24, 2.45) is 0 Å². The maximum absolute atomic E-state index is 5.97. The van der Waals surface area contributed by atoms with Gasteiger partial charge in [0.2, 0.25) is 0 Å². The van der Waals surface area contributed by atoms with Gasteiger partial charge in [-0.3, -0.25) is 0 Å². The number of hydrogen-bond acceptors (Lipinski definition) is 4. The molecular formula is C17H22O4. The summed E-state index contributed by atoms with van der Waals surface area (Å²) < 4.78 is 23.0. The molecule has 2 aliphatic heterocycles. The lowest BCUT2D eigenvalue weighted by atomic mass is 10.1. The van der Waals surface area contributed by atoms with Gasteiger partial charge in [0.05, 0.1) is 13.2 Å². The molecule has 0 aromatic heterocycles. The third-order valence-electron chi connectivity index (χ3n) is 3.89. The number of fused-ring (bicyclic) bond motifs is 1. The summed E-state index contributed by atoms with van der Waals surface area (Å²) in [6, 6.07) is 7.92. The van der Waals surface area contributed by atoms with Crippen molar-refractivity contribution in [3.8, 4) is 5.75 Å². The Hall–Kier alpha value is -1.36. The first-order valence-corrected chi connectivity index (χ1v) is 7.32. The van der Waals surface area contributed by atoms with Crippen LogP contribution in [0.2, 0.25) is 0 Å². The van der Waals surface area contributed by atoms with Crippen molar-refractivity contribution in [3.63, 3.8) is 0 Å². The molecule has 0 unspecified atom stereocenters. The van der Waals surface area contributed by atoms with Crippen molar-refractivity contribution < 1.29 is 18.9 Å². The Morgan fingerprint density at radius 3 is 2.71 bits per heavy atom. The number of methoxy groups -OCH3 is 1. The van der Waals surface area contributed by atoms with Crippen molar-refractivity contribution >= 4 is 6.08 Å². The van der Waals surface area contributed by atoms with Crippen LogP contribution in [0, 0.1) is 0 Å². The largest absolute Gasteiger partial charge is 0.497 e. The van der Waals surface area contributed by atoms with E-state index in [4.69, 9.17) is 18.9 Å². The summed E-state index contributed by atoms with van der Waals surface area (Å²) >= 11 is 0. The second-order valence-corrected chi connectivity index (χ2v) is 6.01. The summed E-state index contributed by atoms with van der Waals surface area (Å²) in [5, 5.41) is 0. The van der Waals surface area contributed by atoms with Crippen molar-refractivity contribution in [2.45, 2.75) is 51.0 Å². The van der Waals surface area contributed by atoms with E-state index >= 15 is 0 Å². The maximum Gasteiger partial charge on any atom is 0.164 e. The second-order valence-electron chi connectivity index (χ2n) is 6.01. The van der Waals surface area contributed by atoms with E-state index in [2.05, 4.69) is 0 Å². The minimum Gasteiger partial charge on any atom is -0.497 e. The fourth-order valence-corrected chi connectivity index (χ4v) is 2.94. The molecule has 1 aromatic carbocycles. The molecule has 4 nitrogen and oxygen atoms in total. The summed E-state index contributed by atoms with van der Waals surface area (Å²) in [4.78, 5) is 0. The Morgan fingerprint density at radius 1 is 1.19 bits per heavy atom. The van der Waals surface area contributed by atoms with Gasteiger partial charge in [-0.15, -0.1) is 0 Å². The van der Waals surface area contributed by atoms with E-state index in [9.17, 15) is 0 Å². The van der Waals surface area contributed by atoms with E-state index in [1.807, 2.05) is 57.2 Å². The average molecular weight is 290 g/mol. The standard InChI is InChI=1S/C17H22O4/c1-11-15-16(21-17(2,3)20-15)14(19-11)9-8-12-6-5-7-13(10-12)18-4/h5-11,14-16H,1-4H3/b9-8+/t11-,14+,15-,16+/m0/s1. The molecule has 1 aromatic rings. The van der Waals surface area contributed by atoms with Crippen LogP contribution in [0.5, 0.6) is 5.75 Å². The highest BCUT2D eigenvalue weighted by atomic mass is 16.8. The SMILES string of the molecule is COc1cccc(/C=C/[C@H]2O[C@@H](C)[C@@H]3OC(C)(C)O[C@@H]32)c1. The lowest BCUT2D eigenvalue weighted by Crippen LogP contribution is -2.28. The highest BCUT2D eigenvalue weighted by Crippen LogP contribution is 2.39. The molecule has 0 saturated carbocycles. The van der Waals surface area contributed by atoms with Crippen molar-refractivity contribution in [2.75, 3.05) is 7.11 Å². The molecule has 0 radical (unpaired) electrons. The van der Waals surface area contributed by atoms with Gasteiger partial charge in [-0.05, 0) is 38.5 Å². The smallest absolute Gasteiger partial charge is 0.164 e. The molecule has 2 saturated heterocycles. The molecule has 2 heterocycles. The highest BCUT2D eigenvalue weighted by Gasteiger charge is 2.52. The first-order chi connectivity index (χ1) is 9.98. The van der Waals surface area contributed by atoms with Crippen LogP contribution in [0.1, 0.15) is 26.3 Å². The van der Waals surface area contributed by atoms with Gasteiger partial charge in [0.25, 0.3) is 0 Å². The lowest BCUT2D eigenvalue weighted by Gasteiger charge is -2.21. The zero-order chi connectivity index (χ0) is 15.0. The second kappa shape index (κ2) is 5.44. The minimum absolute atomic E-state index is 0.0000375. The molecule has 2 aliphatic rings. The number of ether oxygens (including phenoxy) is 4. The number of hydrogen-bond donors (Lipinski definition) is 0. The van der Waals surface area contributed by atoms with Gasteiger partial charge in [-0.1, -0.05) is 24.3 Å². The Morgan fingerprint density at radius 2 is 1.95 bits per heavy atom. The third-order valence-corrected chi connectivity index (χ3v) is 3.89. The van der Waals surface area contributed by atoms with Gasteiger partial charge < -0.3 is 18.9 Å². The number of benzene rings is 1. The first kappa shape index (κ1) is 14.6. The van der Waals surface area contributed by atoms with E-state index in [0.29, 0.717) is 0 Å². The van der Waals surface area contributed by atoms with E-state index in [1.165, 1.54) is 0 Å². The van der Waals surface area contributed by atoms with Gasteiger partial charge >= 0.3 is 0 Å². The Labute approximate surface area is 125 Å². The first-order valence-electron chi connectivity index (χ1n) is 7.32. The minimum atomic E-state index is -0.532. The molecule has 3 rings (SSSR count). The molecule has 4 atom stereocenters. The van der Waals surface area contributed by atoms with Crippen molar-refractivity contribution in [3.05, 3.63) is 35.9 Å². The maximum atomic E-state index is 5.97. The zero-order valence-electron chi connectivity index (χ0n) is 12.9. The fraction of sp³-hybridized carbons (Fsp3) is 0.529. The predicted octanol–water partition coefficient (Wildman–Crippen LogP) is 3.02. The van der Waals surface area contributed by atoms with Crippen molar-refractivity contribution in [1.29, 1.82) is 0 Å². The van der Waals surface area contributed by atoms with Gasteiger partial charge in [0, 0.05) is 0 Å². The summed E-state index contributed by atoms with van der Waals surface area (Å²) in [5.74, 6) is 0.312. The lowest BCUT2D eigenvalue weighted by molar-refractivity contribution is -0.180. The van der Waals surface area contributed by atoms with Crippen LogP contribution in [0.4, 0.5) is 0 Å². The summed E-state index contributed by atoms with van der Waals surface area (Å²) in [7, 11) is 1.67. The van der Waals surface area contributed by atoms with Gasteiger partial charge in [0.1, 0.15) is 24.1 Å². The molecule has 0 aliphatic carbocycles. The summed E-state index contributed by atoms with van der Waals surface area (Å²) in [6.45, 7) is 5.92. The average Bonchev–Trinajstić information content (AvgIpc) is 2.92. The van der Waals surface area contributed by atoms with E-state index in [1.54, 1.807) is 7.11 Å². The van der Waals surface area contributed by atoms with E-state index < -0.39 is 5.79 Å². The van der Waals surface area contributed by atoms with E-state index in [-0.39, 0.29) is 24.4 Å². The quantitative estimate of drug-likeness (QED) is 0.857. The summed E-state index contributed by atoms with van der Waals surface area (Å²) in [6.07, 6.45) is 3.99. The Balaban J connectivity index is 1.74. The molecular weight excluding hydrogens is 268 g/mol. The molecule has 0 N–H and O–H groups in total. The molecule has 0 bridgehead atoms. The topological polar surface area (TPSA) is 36.9 Å². The molecule has 0 spiro atoms. The highest BCUT2D eigenvalue weighted by molar-refractivity contribution is 5.52. The van der Waals surface area contributed by atoms with Crippen LogP contribution in [-0.4, -0.2) is 37.3 Å². The van der Waals surface area contributed by atoms with Gasteiger partial charge in [-0.2, -0.15) is 0 Å². The van der Waals surface area contributed by atoms with Crippen LogP contribution in [0.15, 0.2) is 30.3 Å². The Bertz CT molecular complexity index is 537. The van der Waals surface area contributed by atoms with Crippen LogP contribution in [-0.2, 0) is 14.2 Å². The predicted molar refractivity (Wildman–Crippen MR) is 80.2 cm³/mol. The Kier molecular flexibility index (Phi) is 3.78. The van der Waals surface area contributed by atoms with Gasteiger partial charge in [0.15, 0.2) is 5.79 Å². The molecule has 2 fully saturated rings. The van der Waals surface area contributed by atoms with E-state index in [0.717, 1.165) is 11.3 Å². The van der Waals surface area contributed by atoms with Gasteiger partial charge in [-0.25, -0.2) is 0 Å². The zero-order valence-corrected chi connectivity index (χ0v) is 12.9. The van der Waals surface area contributed by atoms with Crippen molar-refractivity contribution in [1.82, 2.24) is 0 Å². The van der Waals surface area contributed by atoms with Crippen LogP contribution < -0.4 is 4.74 Å². The third kappa shape index (κ3) is 2.98.